The molecule has 32 heavy (non-hydrogen) atoms. The van der Waals surface area contributed by atoms with Gasteiger partial charge in [0.2, 0.25) is 0 Å². The second kappa shape index (κ2) is 10.8. The van der Waals surface area contributed by atoms with Crippen LogP contribution in [0.25, 0.3) is 11.1 Å². The van der Waals surface area contributed by atoms with Crippen LogP contribution in [0.3, 0.4) is 0 Å². The molecule has 0 heterocycles. The second-order valence-corrected chi connectivity index (χ2v) is 9.14. The zero-order valence-corrected chi connectivity index (χ0v) is 19.9. The molecule has 0 aliphatic heterocycles. The van der Waals surface area contributed by atoms with Gasteiger partial charge in [-0.15, -0.1) is 0 Å². The molecule has 0 bridgehead atoms. The van der Waals surface area contributed by atoms with Gasteiger partial charge >= 0.3 is 0 Å². The zero-order chi connectivity index (χ0) is 22.3. The molecule has 0 saturated heterocycles. The SMILES string of the molecule is CCCN(CCC)C1CCc2cc(OCc3ccc(-c4ccccc4)cc3)ccc2C1C. The Kier molecular flexibility index (Phi) is 7.65. The molecule has 168 valence electrons. The average molecular weight is 428 g/mol. The Morgan fingerprint density at radius 3 is 2.22 bits per heavy atom. The fourth-order valence-corrected chi connectivity index (χ4v) is 5.20. The van der Waals surface area contributed by atoms with Gasteiger partial charge in [0.1, 0.15) is 12.4 Å². The van der Waals surface area contributed by atoms with Gasteiger partial charge in [-0.2, -0.15) is 0 Å². The summed E-state index contributed by atoms with van der Waals surface area (Å²) in [6.07, 6.45) is 4.86. The van der Waals surface area contributed by atoms with Crippen LogP contribution in [0, 0.1) is 0 Å². The van der Waals surface area contributed by atoms with Crippen LogP contribution in [-0.2, 0) is 13.0 Å². The summed E-state index contributed by atoms with van der Waals surface area (Å²) in [4.78, 5) is 2.72. The van der Waals surface area contributed by atoms with Gasteiger partial charge in [0.05, 0.1) is 0 Å². The highest BCUT2D eigenvalue weighted by Gasteiger charge is 2.30. The molecule has 1 aliphatic rings. The zero-order valence-electron chi connectivity index (χ0n) is 19.9. The molecule has 3 aromatic rings. The molecule has 0 saturated carbocycles. The molecular formula is C30H37NO. The van der Waals surface area contributed by atoms with Gasteiger partial charge in [0.25, 0.3) is 0 Å². The molecule has 0 N–H and O–H groups in total. The summed E-state index contributed by atoms with van der Waals surface area (Å²) in [5.41, 5.74) is 6.67. The number of fused-ring (bicyclic) bond motifs is 1. The van der Waals surface area contributed by atoms with E-state index in [0.29, 0.717) is 18.6 Å². The number of aryl methyl sites for hydroxylation is 1. The lowest BCUT2D eigenvalue weighted by atomic mass is 9.79. The summed E-state index contributed by atoms with van der Waals surface area (Å²) in [6, 6.07) is 26.6. The fraction of sp³-hybridized carbons (Fsp3) is 0.400. The van der Waals surface area contributed by atoms with Gasteiger partial charge in [-0.25, -0.2) is 0 Å². The molecule has 3 aromatic carbocycles. The Balaban J connectivity index is 1.40. The minimum Gasteiger partial charge on any atom is -0.489 e. The summed E-state index contributed by atoms with van der Waals surface area (Å²) in [5, 5.41) is 0. The lowest BCUT2D eigenvalue weighted by molar-refractivity contribution is 0.159. The largest absolute Gasteiger partial charge is 0.489 e. The maximum absolute atomic E-state index is 6.18. The lowest BCUT2D eigenvalue weighted by Gasteiger charge is -2.39. The third-order valence-electron chi connectivity index (χ3n) is 6.85. The highest BCUT2D eigenvalue weighted by molar-refractivity contribution is 5.63. The summed E-state index contributed by atoms with van der Waals surface area (Å²) >= 11 is 0. The predicted octanol–water partition coefficient (Wildman–Crippen LogP) is 7.47. The number of hydrogen-bond acceptors (Lipinski definition) is 2. The second-order valence-electron chi connectivity index (χ2n) is 9.14. The van der Waals surface area contributed by atoms with Crippen molar-refractivity contribution in [2.45, 2.75) is 65.0 Å². The maximum Gasteiger partial charge on any atom is 0.120 e. The van der Waals surface area contributed by atoms with Crippen LogP contribution in [-0.4, -0.2) is 24.0 Å². The normalized spacial score (nSPS) is 17.9. The van der Waals surface area contributed by atoms with Gasteiger partial charge in [-0.1, -0.05) is 81.4 Å². The van der Waals surface area contributed by atoms with Crippen molar-refractivity contribution in [2.24, 2.45) is 0 Å². The van der Waals surface area contributed by atoms with Crippen LogP contribution in [0.5, 0.6) is 5.75 Å². The van der Waals surface area contributed by atoms with Crippen molar-refractivity contribution < 1.29 is 4.74 Å². The Hall–Kier alpha value is -2.58. The number of nitrogens with zero attached hydrogens (tertiary/aromatic N) is 1. The lowest BCUT2D eigenvalue weighted by Crippen LogP contribution is -2.42. The molecule has 0 fully saturated rings. The standard InChI is InChI=1S/C30H37NO/c1-4-19-31(20-5-2)30-18-15-27-21-28(16-17-29(27)23(30)3)32-22-24-11-13-26(14-12-24)25-9-7-6-8-10-25/h6-14,16-17,21,23,30H,4-5,15,18-20,22H2,1-3H3. The number of hydrogen-bond donors (Lipinski definition) is 0. The highest BCUT2D eigenvalue weighted by Crippen LogP contribution is 2.36. The van der Waals surface area contributed by atoms with Crippen molar-refractivity contribution in [3.8, 4) is 16.9 Å². The van der Waals surface area contributed by atoms with E-state index >= 15 is 0 Å². The summed E-state index contributed by atoms with van der Waals surface area (Å²) in [7, 11) is 0. The van der Waals surface area contributed by atoms with E-state index in [1.807, 2.05) is 0 Å². The van der Waals surface area contributed by atoms with Gasteiger partial charge in [-0.3, -0.25) is 4.90 Å². The monoisotopic (exact) mass is 427 g/mol. The molecule has 0 amide bonds. The minimum absolute atomic E-state index is 0.580. The van der Waals surface area contributed by atoms with Crippen LogP contribution in [0.15, 0.2) is 72.8 Å². The summed E-state index contributed by atoms with van der Waals surface area (Å²) in [6.45, 7) is 10.0. The Labute approximate surface area is 194 Å². The summed E-state index contributed by atoms with van der Waals surface area (Å²) < 4.78 is 6.18. The van der Waals surface area contributed by atoms with Gasteiger partial charge in [0.15, 0.2) is 0 Å². The van der Waals surface area contributed by atoms with E-state index in [-0.39, 0.29) is 0 Å². The molecular weight excluding hydrogens is 390 g/mol. The molecule has 0 aromatic heterocycles. The van der Waals surface area contributed by atoms with E-state index in [1.54, 1.807) is 0 Å². The van der Waals surface area contributed by atoms with Crippen LogP contribution < -0.4 is 4.74 Å². The molecule has 2 unspecified atom stereocenters. The van der Waals surface area contributed by atoms with E-state index in [2.05, 4.69) is 98.5 Å². The fourth-order valence-electron chi connectivity index (χ4n) is 5.20. The molecule has 2 nitrogen and oxygen atoms in total. The number of benzene rings is 3. The van der Waals surface area contributed by atoms with Crippen molar-refractivity contribution in [2.75, 3.05) is 13.1 Å². The minimum atomic E-state index is 0.580. The van der Waals surface area contributed by atoms with E-state index < -0.39 is 0 Å². The van der Waals surface area contributed by atoms with Gasteiger partial charge in [0, 0.05) is 6.04 Å². The molecule has 0 radical (unpaired) electrons. The van der Waals surface area contributed by atoms with Crippen LogP contribution >= 0.6 is 0 Å². The maximum atomic E-state index is 6.18. The molecule has 2 heteroatoms. The quantitative estimate of drug-likeness (QED) is 0.351. The van der Waals surface area contributed by atoms with Crippen molar-refractivity contribution in [1.29, 1.82) is 0 Å². The van der Waals surface area contributed by atoms with E-state index in [9.17, 15) is 0 Å². The first-order valence-corrected chi connectivity index (χ1v) is 12.3. The highest BCUT2D eigenvalue weighted by atomic mass is 16.5. The topological polar surface area (TPSA) is 12.5 Å². The van der Waals surface area contributed by atoms with Crippen molar-refractivity contribution in [3.05, 3.63) is 89.5 Å². The smallest absolute Gasteiger partial charge is 0.120 e. The van der Waals surface area contributed by atoms with Crippen LogP contribution in [0.1, 0.15) is 62.6 Å². The first-order valence-electron chi connectivity index (χ1n) is 12.3. The van der Waals surface area contributed by atoms with Gasteiger partial charge in [-0.05, 0) is 84.6 Å². The van der Waals surface area contributed by atoms with Crippen LogP contribution in [0.2, 0.25) is 0 Å². The summed E-state index contributed by atoms with van der Waals surface area (Å²) in [5.74, 6) is 1.57. The van der Waals surface area contributed by atoms with Crippen molar-refractivity contribution >= 4 is 0 Å². The average Bonchev–Trinajstić information content (AvgIpc) is 2.84. The van der Waals surface area contributed by atoms with E-state index in [0.717, 1.165) is 12.2 Å². The first-order chi connectivity index (χ1) is 15.7. The third kappa shape index (κ3) is 5.24. The van der Waals surface area contributed by atoms with Gasteiger partial charge < -0.3 is 4.74 Å². The Morgan fingerprint density at radius 2 is 1.53 bits per heavy atom. The first kappa shape index (κ1) is 22.6. The number of ether oxygens (including phenoxy) is 1. The van der Waals surface area contributed by atoms with Crippen molar-refractivity contribution in [3.63, 3.8) is 0 Å². The Bertz CT molecular complexity index is 973. The van der Waals surface area contributed by atoms with Crippen molar-refractivity contribution in [1.82, 2.24) is 4.90 Å². The predicted molar refractivity (Wildman–Crippen MR) is 135 cm³/mol. The van der Waals surface area contributed by atoms with E-state index in [1.165, 1.54) is 60.2 Å². The molecule has 4 rings (SSSR count). The van der Waals surface area contributed by atoms with Crippen LogP contribution in [0.4, 0.5) is 0 Å². The number of rotatable bonds is 9. The Morgan fingerprint density at radius 1 is 0.844 bits per heavy atom. The molecule has 1 aliphatic carbocycles. The van der Waals surface area contributed by atoms with E-state index in [4.69, 9.17) is 4.74 Å². The molecule has 0 spiro atoms. The third-order valence-corrected chi connectivity index (χ3v) is 6.85. The molecule has 2 atom stereocenters.